The summed E-state index contributed by atoms with van der Waals surface area (Å²) in [6.45, 7) is 2.57. The van der Waals surface area contributed by atoms with E-state index in [-0.39, 0.29) is 24.6 Å². The monoisotopic (exact) mass is 427 g/mol. The van der Waals surface area contributed by atoms with Crippen molar-refractivity contribution < 1.29 is 32.2 Å². The minimum absolute atomic E-state index is 0.164. The molecule has 1 aromatic carbocycles. The summed E-state index contributed by atoms with van der Waals surface area (Å²) in [6, 6.07) is 5.39. The van der Waals surface area contributed by atoms with Crippen LogP contribution in [0.2, 0.25) is 0 Å². The third kappa shape index (κ3) is 6.20. The number of hydrogen-bond donors (Lipinski definition) is 1. The Hall–Kier alpha value is -2.59. The van der Waals surface area contributed by atoms with Gasteiger partial charge in [-0.15, -0.1) is 13.2 Å². The lowest BCUT2D eigenvalue weighted by Gasteiger charge is -2.15. The second-order valence-corrected chi connectivity index (χ2v) is 6.86. The number of aryl methyl sites for hydroxylation is 1. The summed E-state index contributed by atoms with van der Waals surface area (Å²) in [5.41, 5.74) is 3.71. The fourth-order valence-electron chi connectivity index (χ4n) is 3.27. The molecule has 164 valence electrons. The largest absolute Gasteiger partial charge is 0.573 e. The van der Waals surface area contributed by atoms with E-state index in [9.17, 15) is 18.0 Å². The van der Waals surface area contributed by atoms with Crippen molar-refractivity contribution in [2.45, 2.75) is 45.3 Å². The van der Waals surface area contributed by atoms with Gasteiger partial charge in [-0.1, -0.05) is 12.1 Å². The minimum Gasteiger partial charge on any atom is -0.406 e. The Bertz CT molecular complexity index is 850. The van der Waals surface area contributed by atoms with Crippen molar-refractivity contribution in [1.29, 1.82) is 0 Å². The van der Waals surface area contributed by atoms with Crippen LogP contribution in [0.1, 0.15) is 28.9 Å². The van der Waals surface area contributed by atoms with Gasteiger partial charge in [-0.2, -0.15) is 5.10 Å². The van der Waals surface area contributed by atoms with Crippen molar-refractivity contribution in [2.75, 3.05) is 20.3 Å². The van der Waals surface area contributed by atoms with Gasteiger partial charge in [-0.3, -0.25) is 9.48 Å². The molecule has 7 nitrogen and oxygen atoms in total. The maximum absolute atomic E-state index is 12.2. The van der Waals surface area contributed by atoms with E-state index in [1.165, 1.54) is 24.3 Å². The van der Waals surface area contributed by atoms with Gasteiger partial charge in [-0.25, -0.2) is 0 Å². The molecule has 10 heteroatoms. The molecule has 0 saturated heterocycles. The molecule has 2 heterocycles. The Labute approximate surface area is 172 Å². The molecule has 0 unspecified atom stereocenters. The van der Waals surface area contributed by atoms with Crippen molar-refractivity contribution >= 4 is 5.91 Å². The van der Waals surface area contributed by atoms with Crippen molar-refractivity contribution in [3.8, 4) is 5.75 Å². The first-order valence-corrected chi connectivity index (χ1v) is 9.61. The number of amides is 1. The van der Waals surface area contributed by atoms with Crippen LogP contribution in [0.5, 0.6) is 5.75 Å². The number of rotatable bonds is 9. The SMILES string of the molecule is COCCn1nc(CCC(=O)NCc2ccc(OC(F)(F)F)cc2)c2c1CCOC2. The molecule has 1 aromatic heterocycles. The number of halogens is 3. The number of nitrogens with one attached hydrogen (secondary N) is 1. The minimum atomic E-state index is -4.73. The van der Waals surface area contributed by atoms with Gasteiger partial charge in [0.1, 0.15) is 5.75 Å². The average molecular weight is 427 g/mol. The number of nitrogens with zero attached hydrogens (tertiary/aromatic N) is 2. The summed E-state index contributed by atoms with van der Waals surface area (Å²) in [6.07, 6.45) is -3.21. The molecule has 3 rings (SSSR count). The summed E-state index contributed by atoms with van der Waals surface area (Å²) in [7, 11) is 1.64. The first-order chi connectivity index (χ1) is 14.4. The summed E-state index contributed by atoms with van der Waals surface area (Å²) < 4.78 is 53.0. The van der Waals surface area contributed by atoms with E-state index in [1.807, 2.05) is 4.68 Å². The molecule has 1 aliphatic rings. The summed E-state index contributed by atoms with van der Waals surface area (Å²) >= 11 is 0. The first-order valence-electron chi connectivity index (χ1n) is 9.61. The van der Waals surface area contributed by atoms with Gasteiger partial charge < -0.3 is 19.5 Å². The van der Waals surface area contributed by atoms with Crippen LogP contribution in [0.4, 0.5) is 13.2 Å². The van der Waals surface area contributed by atoms with Gasteiger partial charge >= 0.3 is 6.36 Å². The number of carbonyl (C=O) groups excluding carboxylic acids is 1. The molecule has 1 aliphatic heterocycles. The highest BCUT2D eigenvalue weighted by Crippen LogP contribution is 2.23. The van der Waals surface area contributed by atoms with Crippen LogP contribution in [-0.4, -0.2) is 42.4 Å². The van der Waals surface area contributed by atoms with Gasteiger partial charge in [0.25, 0.3) is 0 Å². The van der Waals surface area contributed by atoms with Crippen LogP contribution in [-0.2, 0) is 46.8 Å². The van der Waals surface area contributed by atoms with Crippen molar-refractivity contribution in [2.24, 2.45) is 0 Å². The summed E-state index contributed by atoms with van der Waals surface area (Å²) in [4.78, 5) is 12.2. The Balaban J connectivity index is 1.51. The van der Waals surface area contributed by atoms with Gasteiger partial charge in [0.15, 0.2) is 0 Å². The molecule has 0 bridgehead atoms. The number of carbonyl (C=O) groups is 1. The predicted molar refractivity (Wildman–Crippen MR) is 101 cm³/mol. The molecule has 1 amide bonds. The Morgan fingerprint density at radius 2 is 2.07 bits per heavy atom. The molecule has 0 atom stereocenters. The van der Waals surface area contributed by atoms with Crippen LogP contribution in [0, 0.1) is 0 Å². The van der Waals surface area contributed by atoms with Crippen molar-refractivity contribution in [3.05, 3.63) is 46.8 Å². The molecule has 0 aliphatic carbocycles. The lowest BCUT2D eigenvalue weighted by atomic mass is 10.1. The number of alkyl halides is 3. The van der Waals surface area contributed by atoms with E-state index >= 15 is 0 Å². The highest BCUT2D eigenvalue weighted by Gasteiger charge is 2.31. The lowest BCUT2D eigenvalue weighted by molar-refractivity contribution is -0.274. The average Bonchev–Trinajstić information content (AvgIpc) is 3.07. The van der Waals surface area contributed by atoms with Crippen LogP contribution in [0.25, 0.3) is 0 Å². The fourth-order valence-corrected chi connectivity index (χ4v) is 3.27. The Morgan fingerprint density at radius 3 is 2.77 bits per heavy atom. The lowest BCUT2D eigenvalue weighted by Crippen LogP contribution is -2.23. The van der Waals surface area contributed by atoms with E-state index < -0.39 is 6.36 Å². The summed E-state index contributed by atoms with van der Waals surface area (Å²) in [5.74, 6) is -0.462. The standard InChI is InChI=1S/C20H24F3N3O4/c1-28-11-9-26-18-8-10-29-13-16(18)17(25-26)6-7-19(27)24-12-14-2-4-15(5-3-14)30-20(21,22)23/h2-5H,6-13H2,1H3,(H,24,27). The zero-order valence-electron chi connectivity index (χ0n) is 16.6. The predicted octanol–water partition coefficient (Wildman–Crippen LogP) is 2.75. The Kier molecular flexibility index (Phi) is 7.33. The molecule has 30 heavy (non-hydrogen) atoms. The third-order valence-corrected chi connectivity index (χ3v) is 4.72. The van der Waals surface area contributed by atoms with E-state index in [4.69, 9.17) is 9.47 Å². The highest BCUT2D eigenvalue weighted by atomic mass is 19.4. The number of fused-ring (bicyclic) bond motifs is 1. The van der Waals surface area contributed by atoms with Gasteiger partial charge in [0.05, 0.1) is 32.1 Å². The number of methoxy groups -OCH3 is 1. The van der Waals surface area contributed by atoms with Crippen molar-refractivity contribution in [1.82, 2.24) is 15.1 Å². The Morgan fingerprint density at radius 1 is 1.30 bits per heavy atom. The van der Waals surface area contributed by atoms with E-state index in [0.29, 0.717) is 38.3 Å². The second-order valence-electron chi connectivity index (χ2n) is 6.86. The molecule has 0 fully saturated rings. The molecule has 0 radical (unpaired) electrons. The zero-order valence-corrected chi connectivity index (χ0v) is 16.6. The first kappa shape index (κ1) is 22.1. The smallest absolute Gasteiger partial charge is 0.406 e. The topological polar surface area (TPSA) is 74.6 Å². The molecule has 0 saturated carbocycles. The normalized spacial score (nSPS) is 13.7. The zero-order chi connectivity index (χ0) is 21.6. The second kappa shape index (κ2) is 9.94. The molecular formula is C20H24F3N3O4. The fraction of sp³-hybridized carbons (Fsp3) is 0.500. The van der Waals surface area contributed by atoms with Crippen LogP contribution in [0.3, 0.4) is 0 Å². The number of benzene rings is 1. The molecular weight excluding hydrogens is 403 g/mol. The molecule has 1 N–H and O–H groups in total. The van der Waals surface area contributed by atoms with Gasteiger partial charge in [0.2, 0.25) is 5.91 Å². The van der Waals surface area contributed by atoms with Crippen molar-refractivity contribution in [3.63, 3.8) is 0 Å². The van der Waals surface area contributed by atoms with Gasteiger partial charge in [-0.05, 0) is 17.7 Å². The van der Waals surface area contributed by atoms with E-state index in [1.54, 1.807) is 7.11 Å². The number of ether oxygens (including phenoxy) is 3. The quantitative estimate of drug-likeness (QED) is 0.666. The summed E-state index contributed by atoms with van der Waals surface area (Å²) in [5, 5.41) is 7.40. The number of aromatic nitrogens is 2. The van der Waals surface area contributed by atoms with Crippen LogP contribution < -0.4 is 10.1 Å². The van der Waals surface area contributed by atoms with Gasteiger partial charge in [0, 0.05) is 44.2 Å². The van der Waals surface area contributed by atoms with Crippen LogP contribution in [0.15, 0.2) is 24.3 Å². The van der Waals surface area contributed by atoms with E-state index in [0.717, 1.165) is 23.4 Å². The number of hydrogen-bond acceptors (Lipinski definition) is 5. The maximum atomic E-state index is 12.2. The molecule has 0 spiro atoms. The van der Waals surface area contributed by atoms with E-state index in [2.05, 4.69) is 15.2 Å². The maximum Gasteiger partial charge on any atom is 0.573 e. The highest BCUT2D eigenvalue weighted by molar-refractivity contribution is 5.76. The van der Waals surface area contributed by atoms with Crippen LogP contribution >= 0.6 is 0 Å². The third-order valence-electron chi connectivity index (χ3n) is 4.72. The molecule has 2 aromatic rings.